The first-order valence-electron chi connectivity index (χ1n) is 6.47. The predicted octanol–water partition coefficient (Wildman–Crippen LogP) is 0.794. The molecule has 1 aliphatic rings. The highest BCUT2D eigenvalue weighted by atomic mass is 16.4. The van der Waals surface area contributed by atoms with Crippen LogP contribution in [0.3, 0.4) is 0 Å². The van der Waals surface area contributed by atoms with E-state index in [-0.39, 0.29) is 25.0 Å². The summed E-state index contributed by atoms with van der Waals surface area (Å²) >= 11 is 0. The van der Waals surface area contributed by atoms with Crippen LogP contribution in [0.5, 0.6) is 0 Å². The molecule has 18 heavy (non-hydrogen) atoms. The molecule has 3 atom stereocenters. The number of aliphatic hydroxyl groups excluding tert-OH is 1. The van der Waals surface area contributed by atoms with E-state index in [1.807, 2.05) is 13.8 Å². The van der Waals surface area contributed by atoms with Crippen molar-refractivity contribution < 1.29 is 19.8 Å². The van der Waals surface area contributed by atoms with Crippen molar-refractivity contribution in [1.29, 1.82) is 0 Å². The van der Waals surface area contributed by atoms with Gasteiger partial charge in [-0.15, -0.1) is 0 Å². The van der Waals surface area contributed by atoms with Crippen LogP contribution in [0.1, 0.15) is 39.5 Å². The van der Waals surface area contributed by atoms with Crippen LogP contribution in [0.25, 0.3) is 0 Å². The zero-order chi connectivity index (χ0) is 13.7. The molecule has 0 aromatic rings. The second-order valence-corrected chi connectivity index (χ2v) is 4.74. The van der Waals surface area contributed by atoms with Crippen molar-refractivity contribution in [3.05, 3.63) is 0 Å². The number of carbonyl (C=O) groups excluding carboxylic acids is 1. The quantitative estimate of drug-likeness (QED) is 0.680. The first-order valence-corrected chi connectivity index (χ1v) is 6.47. The lowest BCUT2D eigenvalue weighted by atomic mass is 10.1. The maximum Gasteiger partial charge on any atom is 0.326 e. The van der Waals surface area contributed by atoms with Crippen molar-refractivity contribution >= 4 is 12.0 Å². The molecular formula is C12H22N2O4. The van der Waals surface area contributed by atoms with Crippen LogP contribution in [0, 0.1) is 0 Å². The van der Waals surface area contributed by atoms with E-state index in [1.165, 1.54) is 4.90 Å². The van der Waals surface area contributed by atoms with Gasteiger partial charge in [0, 0.05) is 19.0 Å². The van der Waals surface area contributed by atoms with Crippen LogP contribution in [0.15, 0.2) is 0 Å². The Labute approximate surface area is 107 Å². The molecule has 0 aliphatic carbocycles. The van der Waals surface area contributed by atoms with E-state index in [9.17, 15) is 14.7 Å². The second kappa shape index (κ2) is 6.58. The number of rotatable bonds is 5. The summed E-state index contributed by atoms with van der Waals surface area (Å²) in [4.78, 5) is 24.2. The van der Waals surface area contributed by atoms with Crippen LogP contribution >= 0.6 is 0 Å². The molecule has 0 aromatic carbocycles. The summed E-state index contributed by atoms with van der Waals surface area (Å²) in [6.45, 7) is 4.11. The predicted molar refractivity (Wildman–Crippen MR) is 66.3 cm³/mol. The Bertz CT molecular complexity index is 308. The molecule has 104 valence electrons. The van der Waals surface area contributed by atoms with E-state index >= 15 is 0 Å². The molecule has 3 unspecified atom stereocenters. The second-order valence-electron chi connectivity index (χ2n) is 4.74. The standard InChI is InChI=1S/C12H22N2O4/c1-3-5-8(4-2)13-12(18)14-7-9(15)6-10(14)11(16)17/h8-10,15H,3-7H2,1-2H3,(H,13,18)(H,16,17). The molecule has 2 amide bonds. The fraction of sp³-hybridized carbons (Fsp3) is 0.833. The molecule has 1 rings (SSSR count). The molecule has 1 heterocycles. The van der Waals surface area contributed by atoms with E-state index in [4.69, 9.17) is 5.11 Å². The lowest BCUT2D eigenvalue weighted by molar-refractivity contribution is -0.141. The first-order chi connectivity index (χ1) is 8.49. The van der Waals surface area contributed by atoms with Crippen LogP contribution in [-0.4, -0.2) is 51.8 Å². The minimum atomic E-state index is -1.06. The van der Waals surface area contributed by atoms with E-state index in [2.05, 4.69) is 5.32 Å². The van der Waals surface area contributed by atoms with Crippen LogP contribution < -0.4 is 5.32 Å². The lowest BCUT2D eigenvalue weighted by Gasteiger charge is -2.25. The normalized spacial score (nSPS) is 24.9. The minimum absolute atomic E-state index is 0.0645. The van der Waals surface area contributed by atoms with Gasteiger partial charge < -0.3 is 20.4 Å². The van der Waals surface area contributed by atoms with Crippen LogP contribution in [0.4, 0.5) is 4.79 Å². The number of likely N-dealkylation sites (tertiary alicyclic amines) is 1. The van der Waals surface area contributed by atoms with Gasteiger partial charge in [0.1, 0.15) is 6.04 Å². The fourth-order valence-corrected chi connectivity index (χ4v) is 2.26. The van der Waals surface area contributed by atoms with Gasteiger partial charge in [-0.3, -0.25) is 0 Å². The van der Waals surface area contributed by atoms with Crippen molar-refractivity contribution in [2.75, 3.05) is 6.54 Å². The third-order valence-corrected chi connectivity index (χ3v) is 3.28. The summed E-state index contributed by atoms with van der Waals surface area (Å²) in [7, 11) is 0. The molecule has 1 fully saturated rings. The molecule has 0 radical (unpaired) electrons. The Morgan fingerprint density at radius 2 is 2.11 bits per heavy atom. The van der Waals surface area contributed by atoms with Gasteiger partial charge in [-0.1, -0.05) is 20.3 Å². The lowest BCUT2D eigenvalue weighted by Crippen LogP contribution is -2.49. The molecule has 1 aliphatic heterocycles. The average molecular weight is 258 g/mol. The summed E-state index contributed by atoms with van der Waals surface area (Å²) in [5, 5.41) is 21.3. The van der Waals surface area contributed by atoms with Gasteiger partial charge in [0.15, 0.2) is 0 Å². The average Bonchev–Trinajstić information content (AvgIpc) is 2.71. The molecule has 6 nitrogen and oxygen atoms in total. The molecule has 0 spiro atoms. The van der Waals surface area contributed by atoms with Crippen molar-refractivity contribution in [1.82, 2.24) is 10.2 Å². The number of nitrogens with one attached hydrogen (secondary N) is 1. The zero-order valence-electron chi connectivity index (χ0n) is 10.9. The fourth-order valence-electron chi connectivity index (χ4n) is 2.26. The molecule has 0 bridgehead atoms. The highest BCUT2D eigenvalue weighted by molar-refractivity contribution is 5.83. The highest BCUT2D eigenvalue weighted by Crippen LogP contribution is 2.18. The number of hydrogen-bond acceptors (Lipinski definition) is 3. The zero-order valence-corrected chi connectivity index (χ0v) is 10.9. The van der Waals surface area contributed by atoms with Crippen LogP contribution in [0.2, 0.25) is 0 Å². The van der Waals surface area contributed by atoms with Gasteiger partial charge in [0.2, 0.25) is 0 Å². The SMILES string of the molecule is CCCC(CC)NC(=O)N1CC(O)CC1C(=O)O. The monoisotopic (exact) mass is 258 g/mol. The van der Waals surface area contributed by atoms with Crippen molar-refractivity contribution in [3.63, 3.8) is 0 Å². The van der Waals surface area contributed by atoms with Gasteiger partial charge in [-0.25, -0.2) is 9.59 Å². The minimum Gasteiger partial charge on any atom is -0.480 e. The van der Waals surface area contributed by atoms with Gasteiger partial charge in [0.25, 0.3) is 0 Å². The Kier molecular flexibility index (Phi) is 5.40. The summed E-state index contributed by atoms with van der Waals surface area (Å²) in [6.07, 6.45) is 2.00. The third-order valence-electron chi connectivity index (χ3n) is 3.28. The van der Waals surface area contributed by atoms with Crippen molar-refractivity contribution in [2.24, 2.45) is 0 Å². The van der Waals surface area contributed by atoms with Crippen molar-refractivity contribution in [2.45, 2.75) is 57.7 Å². The molecule has 1 saturated heterocycles. The van der Waals surface area contributed by atoms with Crippen LogP contribution in [-0.2, 0) is 4.79 Å². The van der Waals surface area contributed by atoms with Gasteiger partial charge >= 0.3 is 12.0 Å². The number of aliphatic hydroxyl groups is 1. The topological polar surface area (TPSA) is 89.9 Å². The number of carbonyl (C=O) groups is 2. The number of nitrogens with zero attached hydrogens (tertiary/aromatic N) is 1. The number of hydrogen-bond donors (Lipinski definition) is 3. The maximum atomic E-state index is 12.0. The summed E-state index contributed by atoms with van der Waals surface area (Å²) < 4.78 is 0. The smallest absolute Gasteiger partial charge is 0.326 e. The first kappa shape index (κ1) is 14.8. The Hall–Kier alpha value is -1.30. The molecule has 6 heteroatoms. The largest absolute Gasteiger partial charge is 0.480 e. The van der Waals surface area contributed by atoms with E-state index in [0.29, 0.717) is 0 Å². The van der Waals surface area contributed by atoms with Gasteiger partial charge in [-0.05, 0) is 12.8 Å². The summed E-state index contributed by atoms with van der Waals surface area (Å²) in [5.74, 6) is -1.06. The Morgan fingerprint density at radius 1 is 1.44 bits per heavy atom. The van der Waals surface area contributed by atoms with E-state index in [1.54, 1.807) is 0 Å². The number of carboxylic acids is 1. The molecule has 0 saturated carbocycles. The van der Waals surface area contributed by atoms with E-state index in [0.717, 1.165) is 19.3 Å². The van der Waals surface area contributed by atoms with Gasteiger partial charge in [0.05, 0.1) is 6.10 Å². The molecule has 0 aromatic heterocycles. The number of amides is 2. The number of aliphatic carboxylic acids is 1. The molecule has 3 N–H and O–H groups in total. The Morgan fingerprint density at radius 3 is 2.61 bits per heavy atom. The third kappa shape index (κ3) is 3.60. The summed E-state index contributed by atoms with van der Waals surface area (Å²) in [6, 6.07) is -1.24. The molecular weight excluding hydrogens is 236 g/mol. The van der Waals surface area contributed by atoms with Gasteiger partial charge in [-0.2, -0.15) is 0 Å². The van der Waals surface area contributed by atoms with Crippen molar-refractivity contribution in [3.8, 4) is 0 Å². The number of urea groups is 1. The summed E-state index contributed by atoms with van der Waals surface area (Å²) in [5.41, 5.74) is 0. The van der Waals surface area contributed by atoms with E-state index < -0.39 is 18.1 Å². The maximum absolute atomic E-state index is 12.0. The number of carboxylic acid groups (broad SMARTS) is 1. The highest BCUT2D eigenvalue weighted by Gasteiger charge is 2.39. The number of β-amino-alcohol motifs (C(OH)–C–C–N with tert-alkyl or cyclic N) is 1. The Balaban J connectivity index is 2.61.